The zero-order valence-corrected chi connectivity index (χ0v) is 12.5. The van der Waals surface area contributed by atoms with Gasteiger partial charge in [0.15, 0.2) is 5.13 Å². The highest BCUT2D eigenvalue weighted by atomic mass is 32.1. The fourth-order valence-corrected chi connectivity index (χ4v) is 3.21. The summed E-state index contributed by atoms with van der Waals surface area (Å²) in [4.78, 5) is 19.7. The number of nitrogens with two attached hydrogens (primary N) is 2. The van der Waals surface area contributed by atoms with E-state index in [1.165, 1.54) is 11.3 Å². The highest BCUT2D eigenvalue weighted by Gasteiger charge is 2.34. The monoisotopic (exact) mass is 302 g/mol. The molecule has 1 aromatic heterocycles. The Bertz CT molecular complexity index is 636. The molecule has 1 aliphatic rings. The van der Waals surface area contributed by atoms with Gasteiger partial charge in [-0.25, -0.2) is 4.98 Å². The second-order valence-electron chi connectivity index (χ2n) is 5.11. The molecule has 0 spiro atoms. The number of aromatic nitrogens is 1. The van der Waals surface area contributed by atoms with Crippen LogP contribution >= 0.6 is 11.3 Å². The van der Waals surface area contributed by atoms with Crippen molar-refractivity contribution >= 4 is 22.4 Å². The molecule has 0 unspecified atom stereocenters. The number of nitrogen functional groups attached to an aromatic ring is 1. The molecule has 5 nitrogen and oxygen atoms in total. The molecule has 1 amide bonds. The smallest absolute Gasteiger partial charge is 0.274 e. The number of anilines is 1. The van der Waals surface area contributed by atoms with E-state index < -0.39 is 0 Å². The largest absolute Gasteiger partial charge is 0.375 e. The minimum Gasteiger partial charge on any atom is -0.375 e. The van der Waals surface area contributed by atoms with Gasteiger partial charge in [-0.1, -0.05) is 41.7 Å². The number of benzene rings is 1. The van der Waals surface area contributed by atoms with Crippen LogP contribution < -0.4 is 11.5 Å². The summed E-state index contributed by atoms with van der Waals surface area (Å²) in [6.45, 7) is 1.03. The van der Waals surface area contributed by atoms with Gasteiger partial charge in [-0.2, -0.15) is 0 Å². The van der Waals surface area contributed by atoms with Crippen LogP contribution in [0.2, 0.25) is 0 Å². The minimum atomic E-state index is -0.0604. The molecule has 1 aliphatic carbocycles. The number of carbonyl (C=O) groups excluding carboxylic acids is 1. The van der Waals surface area contributed by atoms with Crippen LogP contribution in [0.15, 0.2) is 30.3 Å². The van der Waals surface area contributed by atoms with Crippen LogP contribution in [0.3, 0.4) is 0 Å². The molecule has 0 radical (unpaired) electrons. The lowest BCUT2D eigenvalue weighted by molar-refractivity contribution is 0.0744. The van der Waals surface area contributed by atoms with E-state index in [9.17, 15) is 4.79 Å². The number of hydrogen-bond donors (Lipinski definition) is 2. The lowest BCUT2D eigenvalue weighted by Gasteiger charge is -2.21. The molecule has 1 saturated carbocycles. The molecule has 4 N–H and O–H groups in total. The predicted molar refractivity (Wildman–Crippen MR) is 85.1 cm³/mol. The van der Waals surface area contributed by atoms with Gasteiger partial charge < -0.3 is 16.4 Å². The Morgan fingerprint density at radius 1 is 1.33 bits per heavy atom. The molecule has 0 aliphatic heterocycles. The van der Waals surface area contributed by atoms with Crippen LogP contribution in [-0.4, -0.2) is 34.9 Å². The van der Waals surface area contributed by atoms with E-state index in [0.717, 1.165) is 23.3 Å². The third kappa shape index (κ3) is 2.91. The second-order valence-corrected chi connectivity index (χ2v) is 6.14. The maximum atomic E-state index is 12.8. The topological polar surface area (TPSA) is 85.2 Å². The fourth-order valence-electron chi connectivity index (χ4n) is 2.38. The summed E-state index contributed by atoms with van der Waals surface area (Å²) in [6, 6.07) is 10.1. The predicted octanol–water partition coefficient (Wildman–Crippen LogP) is 1.96. The van der Waals surface area contributed by atoms with Crippen LogP contribution in [-0.2, 0) is 0 Å². The van der Waals surface area contributed by atoms with E-state index in [4.69, 9.17) is 11.5 Å². The molecule has 6 heteroatoms. The van der Waals surface area contributed by atoms with Crippen molar-refractivity contribution in [3.63, 3.8) is 0 Å². The molecule has 0 saturated heterocycles. The first-order valence-corrected chi connectivity index (χ1v) is 7.85. The summed E-state index contributed by atoms with van der Waals surface area (Å²) >= 11 is 1.35. The van der Waals surface area contributed by atoms with Gasteiger partial charge in [0, 0.05) is 19.1 Å². The number of rotatable bonds is 5. The molecule has 2 aromatic rings. The molecule has 0 atom stereocenters. The summed E-state index contributed by atoms with van der Waals surface area (Å²) in [5.41, 5.74) is 12.9. The average Bonchev–Trinajstić information content (AvgIpc) is 3.26. The van der Waals surface area contributed by atoms with E-state index in [1.807, 2.05) is 35.2 Å². The summed E-state index contributed by atoms with van der Waals surface area (Å²) in [6.07, 6.45) is 2.10. The van der Waals surface area contributed by atoms with Crippen molar-refractivity contribution in [2.75, 3.05) is 18.8 Å². The molecular formula is C15H18N4OS. The van der Waals surface area contributed by atoms with Crippen molar-refractivity contribution in [2.45, 2.75) is 18.9 Å². The number of amides is 1. The highest BCUT2D eigenvalue weighted by Crippen LogP contribution is 2.34. The maximum Gasteiger partial charge on any atom is 0.274 e. The first-order chi connectivity index (χ1) is 10.2. The molecule has 1 fully saturated rings. The first kappa shape index (κ1) is 14.0. The summed E-state index contributed by atoms with van der Waals surface area (Å²) in [7, 11) is 0. The van der Waals surface area contributed by atoms with E-state index in [-0.39, 0.29) is 5.91 Å². The van der Waals surface area contributed by atoms with Gasteiger partial charge in [0.1, 0.15) is 5.69 Å². The lowest BCUT2D eigenvalue weighted by Crippen LogP contribution is -2.37. The van der Waals surface area contributed by atoms with Gasteiger partial charge in [0.2, 0.25) is 0 Å². The second kappa shape index (κ2) is 5.83. The molecule has 3 rings (SSSR count). The standard InChI is InChI=1S/C15H18N4OS/c16-8-9-19(11-6-7-11)14(20)12-13(21-15(17)18-12)10-4-2-1-3-5-10/h1-5,11H,6-9,16H2,(H2,17,18). The number of carbonyl (C=O) groups is 1. The van der Waals surface area contributed by atoms with Gasteiger partial charge in [-0.15, -0.1) is 0 Å². The van der Waals surface area contributed by atoms with Crippen LogP contribution in [0.5, 0.6) is 0 Å². The third-order valence-electron chi connectivity index (χ3n) is 3.50. The molecule has 1 heterocycles. The Kier molecular flexibility index (Phi) is 3.90. The maximum absolute atomic E-state index is 12.8. The Morgan fingerprint density at radius 3 is 2.67 bits per heavy atom. The summed E-state index contributed by atoms with van der Waals surface area (Å²) in [5.74, 6) is -0.0604. The quantitative estimate of drug-likeness (QED) is 0.884. The zero-order chi connectivity index (χ0) is 14.8. The van der Waals surface area contributed by atoms with Gasteiger partial charge in [0.25, 0.3) is 5.91 Å². The third-order valence-corrected chi connectivity index (χ3v) is 4.43. The lowest BCUT2D eigenvalue weighted by atomic mass is 10.1. The molecule has 0 bridgehead atoms. The minimum absolute atomic E-state index is 0.0604. The molecule has 21 heavy (non-hydrogen) atoms. The number of thiazole rings is 1. The fraction of sp³-hybridized carbons (Fsp3) is 0.333. The van der Waals surface area contributed by atoms with Gasteiger partial charge in [-0.05, 0) is 18.4 Å². The van der Waals surface area contributed by atoms with Crippen molar-refractivity contribution in [2.24, 2.45) is 5.73 Å². The van der Waals surface area contributed by atoms with Crippen molar-refractivity contribution < 1.29 is 4.79 Å². The Balaban J connectivity index is 1.96. The van der Waals surface area contributed by atoms with E-state index >= 15 is 0 Å². The van der Waals surface area contributed by atoms with Crippen LogP contribution in [0.1, 0.15) is 23.3 Å². The Labute approximate surface area is 127 Å². The number of nitrogens with zero attached hydrogens (tertiary/aromatic N) is 2. The van der Waals surface area contributed by atoms with Gasteiger partial charge in [0.05, 0.1) is 4.88 Å². The average molecular weight is 302 g/mol. The Hall–Kier alpha value is -1.92. The zero-order valence-electron chi connectivity index (χ0n) is 11.7. The van der Waals surface area contributed by atoms with E-state index in [2.05, 4.69) is 4.98 Å². The summed E-state index contributed by atoms with van der Waals surface area (Å²) < 4.78 is 0. The van der Waals surface area contributed by atoms with Gasteiger partial charge >= 0.3 is 0 Å². The normalized spacial score (nSPS) is 14.1. The van der Waals surface area contributed by atoms with Gasteiger partial charge in [-0.3, -0.25) is 4.79 Å². The SMILES string of the molecule is NCCN(C(=O)c1nc(N)sc1-c1ccccc1)C1CC1. The van der Waals surface area contributed by atoms with Crippen molar-refractivity contribution in [1.29, 1.82) is 0 Å². The number of hydrogen-bond acceptors (Lipinski definition) is 5. The highest BCUT2D eigenvalue weighted by molar-refractivity contribution is 7.19. The molecule has 1 aromatic carbocycles. The van der Waals surface area contributed by atoms with Crippen LogP contribution in [0.4, 0.5) is 5.13 Å². The van der Waals surface area contributed by atoms with Crippen molar-refractivity contribution in [3.05, 3.63) is 36.0 Å². The van der Waals surface area contributed by atoms with E-state index in [1.54, 1.807) is 0 Å². The van der Waals surface area contributed by atoms with E-state index in [0.29, 0.717) is 30.0 Å². The molecule has 110 valence electrons. The van der Waals surface area contributed by atoms with Crippen LogP contribution in [0, 0.1) is 0 Å². The molecular weight excluding hydrogens is 284 g/mol. The Morgan fingerprint density at radius 2 is 2.05 bits per heavy atom. The summed E-state index contributed by atoms with van der Waals surface area (Å²) in [5, 5.41) is 0.417. The van der Waals surface area contributed by atoms with Crippen LogP contribution in [0.25, 0.3) is 10.4 Å². The van der Waals surface area contributed by atoms with Crippen molar-refractivity contribution in [3.8, 4) is 10.4 Å². The van der Waals surface area contributed by atoms with Crippen molar-refractivity contribution in [1.82, 2.24) is 9.88 Å². The first-order valence-electron chi connectivity index (χ1n) is 7.03.